The molecule has 0 aromatic heterocycles. The molecule has 2 rings (SSSR count). The van der Waals surface area contributed by atoms with E-state index in [9.17, 15) is 9.90 Å². The van der Waals surface area contributed by atoms with Gasteiger partial charge in [-0.3, -0.25) is 4.79 Å². The molecule has 0 amide bonds. The molecule has 0 aliphatic heterocycles. The van der Waals surface area contributed by atoms with Crippen LogP contribution in [0.2, 0.25) is 0 Å². The molecule has 2 heteroatoms. The molecule has 0 heterocycles. The first-order chi connectivity index (χ1) is 7.92. The van der Waals surface area contributed by atoms with Crippen LogP contribution in [0.15, 0.2) is 23.8 Å². The van der Waals surface area contributed by atoms with Crippen molar-refractivity contribution < 1.29 is 9.90 Å². The Kier molecular flexibility index (Phi) is 2.92. The van der Waals surface area contributed by atoms with E-state index >= 15 is 0 Å². The number of allylic oxidation sites excluding steroid dienone is 3. The summed E-state index contributed by atoms with van der Waals surface area (Å²) in [4.78, 5) is 11.9. The fraction of sp³-hybridized carbons (Fsp3) is 0.667. The zero-order valence-electron chi connectivity index (χ0n) is 10.9. The molecule has 2 nitrogen and oxygen atoms in total. The van der Waals surface area contributed by atoms with Gasteiger partial charge in [-0.1, -0.05) is 30.7 Å². The Hall–Kier alpha value is -1.05. The third kappa shape index (κ3) is 1.65. The summed E-state index contributed by atoms with van der Waals surface area (Å²) in [5.74, 6) is -0.633. The highest BCUT2D eigenvalue weighted by Gasteiger charge is 2.56. The number of aliphatic carboxylic acids is 1. The van der Waals surface area contributed by atoms with Gasteiger partial charge in [-0.15, -0.1) is 0 Å². The molecular weight excluding hydrogens is 212 g/mol. The number of carboxylic acids is 1. The lowest BCUT2D eigenvalue weighted by molar-refractivity contribution is -0.156. The van der Waals surface area contributed by atoms with Gasteiger partial charge < -0.3 is 5.11 Å². The second-order valence-corrected chi connectivity index (χ2v) is 5.93. The van der Waals surface area contributed by atoms with E-state index in [0.717, 1.165) is 37.7 Å². The second kappa shape index (κ2) is 4.01. The van der Waals surface area contributed by atoms with Crippen LogP contribution in [-0.2, 0) is 4.79 Å². The van der Waals surface area contributed by atoms with E-state index in [1.54, 1.807) is 0 Å². The molecular formula is C15H22O2. The summed E-state index contributed by atoms with van der Waals surface area (Å²) < 4.78 is 0. The molecule has 0 bridgehead atoms. The molecule has 2 aliphatic carbocycles. The Balaban J connectivity index is 2.42. The van der Waals surface area contributed by atoms with Crippen LogP contribution in [0.5, 0.6) is 0 Å². The van der Waals surface area contributed by atoms with Crippen molar-refractivity contribution in [1.29, 1.82) is 0 Å². The number of rotatable bonds is 2. The van der Waals surface area contributed by atoms with Gasteiger partial charge in [0.1, 0.15) is 0 Å². The summed E-state index contributed by atoms with van der Waals surface area (Å²) >= 11 is 0. The zero-order valence-corrected chi connectivity index (χ0v) is 10.9. The first-order valence-electron chi connectivity index (χ1n) is 6.50. The van der Waals surface area contributed by atoms with Crippen LogP contribution >= 0.6 is 0 Å². The maximum atomic E-state index is 11.9. The van der Waals surface area contributed by atoms with Gasteiger partial charge in [0.2, 0.25) is 0 Å². The summed E-state index contributed by atoms with van der Waals surface area (Å²) in [6.07, 6.45) is 7.53. The molecule has 2 aliphatic rings. The van der Waals surface area contributed by atoms with Crippen LogP contribution in [-0.4, -0.2) is 11.1 Å². The van der Waals surface area contributed by atoms with Crippen LogP contribution in [0.25, 0.3) is 0 Å². The summed E-state index contributed by atoms with van der Waals surface area (Å²) in [6, 6.07) is 0. The van der Waals surface area contributed by atoms with Gasteiger partial charge >= 0.3 is 5.97 Å². The van der Waals surface area contributed by atoms with Crippen LogP contribution in [0.4, 0.5) is 0 Å². The minimum atomic E-state index is -0.633. The third-order valence-electron chi connectivity index (χ3n) is 5.15. The van der Waals surface area contributed by atoms with Gasteiger partial charge in [-0.25, -0.2) is 0 Å². The first-order valence-corrected chi connectivity index (χ1v) is 6.50. The molecule has 1 fully saturated rings. The predicted molar refractivity (Wildman–Crippen MR) is 68.8 cm³/mol. The first kappa shape index (κ1) is 12.4. The second-order valence-electron chi connectivity index (χ2n) is 5.93. The van der Waals surface area contributed by atoms with Crippen molar-refractivity contribution in [3.63, 3.8) is 0 Å². The van der Waals surface area contributed by atoms with E-state index in [4.69, 9.17) is 0 Å². The van der Waals surface area contributed by atoms with Crippen molar-refractivity contribution in [2.45, 2.75) is 52.4 Å². The topological polar surface area (TPSA) is 37.3 Å². The average Bonchev–Trinajstić information content (AvgIpc) is 2.61. The Labute approximate surface area is 103 Å². The third-order valence-corrected chi connectivity index (χ3v) is 5.15. The van der Waals surface area contributed by atoms with E-state index in [1.807, 2.05) is 0 Å². The smallest absolute Gasteiger partial charge is 0.310 e. The maximum absolute atomic E-state index is 11.9. The summed E-state index contributed by atoms with van der Waals surface area (Å²) in [7, 11) is 0. The Bertz CT molecular complexity index is 394. The van der Waals surface area contributed by atoms with Gasteiger partial charge in [-0.2, -0.15) is 0 Å². The largest absolute Gasteiger partial charge is 0.481 e. The van der Waals surface area contributed by atoms with Crippen LogP contribution in [0, 0.1) is 10.8 Å². The molecule has 1 saturated carbocycles. The number of carbonyl (C=O) groups is 1. The maximum Gasteiger partial charge on any atom is 0.310 e. The monoisotopic (exact) mass is 234 g/mol. The van der Waals surface area contributed by atoms with Gasteiger partial charge in [0.15, 0.2) is 0 Å². The van der Waals surface area contributed by atoms with E-state index in [0.29, 0.717) is 6.42 Å². The highest BCUT2D eigenvalue weighted by Crippen LogP contribution is 2.59. The lowest BCUT2D eigenvalue weighted by atomic mass is 9.56. The summed E-state index contributed by atoms with van der Waals surface area (Å²) in [5.41, 5.74) is 1.65. The highest BCUT2D eigenvalue weighted by atomic mass is 16.4. The molecule has 0 radical (unpaired) electrons. The average molecular weight is 234 g/mol. The van der Waals surface area contributed by atoms with Gasteiger partial charge in [0.05, 0.1) is 5.41 Å². The molecule has 0 aromatic rings. The quantitative estimate of drug-likeness (QED) is 0.735. The van der Waals surface area contributed by atoms with Crippen molar-refractivity contribution in [1.82, 2.24) is 0 Å². The fourth-order valence-electron chi connectivity index (χ4n) is 3.58. The van der Waals surface area contributed by atoms with Crippen LogP contribution < -0.4 is 0 Å². The highest BCUT2D eigenvalue weighted by molar-refractivity contribution is 5.77. The standard InChI is InChI=1S/C15H22O2/c1-11-6-9-15(10-7-11,13(16)17)14(3)8-4-5-12(14)2/h6H,2,4-5,7-10H2,1,3H3,(H,16,17). The van der Waals surface area contributed by atoms with Crippen molar-refractivity contribution in [2.75, 3.05) is 0 Å². The number of hydrogen-bond acceptors (Lipinski definition) is 1. The lowest BCUT2D eigenvalue weighted by Gasteiger charge is -2.46. The van der Waals surface area contributed by atoms with E-state index in [1.165, 1.54) is 5.57 Å². The molecule has 1 N–H and O–H groups in total. The molecule has 2 atom stereocenters. The minimum Gasteiger partial charge on any atom is -0.481 e. The molecule has 2 unspecified atom stereocenters. The van der Waals surface area contributed by atoms with Crippen molar-refractivity contribution in [3.05, 3.63) is 23.8 Å². The normalized spacial score (nSPS) is 38.0. The molecule has 17 heavy (non-hydrogen) atoms. The Morgan fingerprint density at radius 1 is 1.41 bits per heavy atom. The predicted octanol–water partition coefficient (Wildman–Crippen LogP) is 3.93. The SMILES string of the molecule is C=C1CCCC1(C)C1(C(=O)O)CC=C(C)CC1. The van der Waals surface area contributed by atoms with Crippen LogP contribution in [0.3, 0.4) is 0 Å². The molecule has 0 spiro atoms. The van der Waals surface area contributed by atoms with E-state index in [2.05, 4.69) is 26.5 Å². The van der Waals surface area contributed by atoms with Crippen molar-refractivity contribution in [3.8, 4) is 0 Å². The summed E-state index contributed by atoms with van der Waals surface area (Å²) in [6.45, 7) is 8.36. The van der Waals surface area contributed by atoms with Crippen molar-refractivity contribution >= 4 is 5.97 Å². The lowest BCUT2D eigenvalue weighted by Crippen LogP contribution is -2.46. The molecule has 0 aromatic carbocycles. The molecule has 94 valence electrons. The van der Waals surface area contributed by atoms with Gasteiger partial charge in [-0.05, 0) is 45.4 Å². The minimum absolute atomic E-state index is 0.212. The van der Waals surface area contributed by atoms with Crippen molar-refractivity contribution in [2.24, 2.45) is 10.8 Å². The van der Waals surface area contributed by atoms with Crippen LogP contribution in [0.1, 0.15) is 52.4 Å². The zero-order chi connectivity index (χ0) is 12.7. The Morgan fingerprint density at radius 3 is 2.53 bits per heavy atom. The number of hydrogen-bond donors (Lipinski definition) is 1. The van der Waals surface area contributed by atoms with Gasteiger partial charge in [0, 0.05) is 5.41 Å². The van der Waals surface area contributed by atoms with Gasteiger partial charge in [0.25, 0.3) is 0 Å². The summed E-state index contributed by atoms with van der Waals surface area (Å²) in [5, 5.41) is 9.75. The Morgan fingerprint density at radius 2 is 2.12 bits per heavy atom. The number of carboxylic acid groups (broad SMARTS) is 1. The fourth-order valence-corrected chi connectivity index (χ4v) is 3.58. The van der Waals surface area contributed by atoms with E-state index in [-0.39, 0.29) is 5.41 Å². The molecule has 0 saturated heterocycles. The van der Waals surface area contributed by atoms with E-state index < -0.39 is 11.4 Å².